The summed E-state index contributed by atoms with van der Waals surface area (Å²) in [5, 5.41) is 3.51. The van der Waals surface area contributed by atoms with Gasteiger partial charge in [-0.1, -0.05) is 11.6 Å². The van der Waals surface area contributed by atoms with E-state index in [2.05, 4.69) is 21.1 Å². The van der Waals surface area contributed by atoms with Crippen LogP contribution < -0.4 is 5.32 Å². The Hall–Kier alpha value is -1.46. The number of hydrogen-bond donors (Lipinski definition) is 1. The Balaban J connectivity index is 1.70. The maximum absolute atomic E-state index is 12.5. The topological polar surface area (TPSA) is 46.9 Å². The second-order valence-electron chi connectivity index (χ2n) is 5.83. The van der Waals surface area contributed by atoms with Crippen molar-refractivity contribution in [2.45, 2.75) is 37.1 Å². The first-order valence-electron chi connectivity index (χ1n) is 7.74. The zero-order valence-electron chi connectivity index (χ0n) is 13.3. The highest BCUT2D eigenvalue weighted by molar-refractivity contribution is 7.98. The van der Waals surface area contributed by atoms with Crippen molar-refractivity contribution in [1.82, 2.24) is 14.9 Å². The third-order valence-electron chi connectivity index (χ3n) is 4.17. The van der Waals surface area contributed by atoms with Gasteiger partial charge in [0.15, 0.2) is 0 Å². The Morgan fingerprint density at radius 1 is 1.52 bits per heavy atom. The minimum atomic E-state index is -0.119. The van der Waals surface area contributed by atoms with E-state index < -0.39 is 0 Å². The molecule has 0 radical (unpaired) electrons. The third-order valence-corrected chi connectivity index (χ3v) is 5.23. The van der Waals surface area contributed by atoms with Gasteiger partial charge in [0.05, 0.1) is 16.3 Å². The average Bonchev–Trinajstić information content (AvgIpc) is 2.93. The van der Waals surface area contributed by atoms with Gasteiger partial charge in [0, 0.05) is 30.1 Å². The summed E-state index contributed by atoms with van der Waals surface area (Å²) in [7, 11) is 0. The predicted octanol–water partition coefficient (Wildman–Crippen LogP) is 3.87. The van der Waals surface area contributed by atoms with Gasteiger partial charge in [0.1, 0.15) is 5.82 Å². The molecule has 2 heterocycles. The lowest BCUT2D eigenvalue weighted by atomic mass is 9.99. The second kappa shape index (κ2) is 6.97. The van der Waals surface area contributed by atoms with Crippen molar-refractivity contribution in [3.05, 3.63) is 46.5 Å². The molecule has 0 spiro atoms. The number of nitrogens with zero attached hydrogens (tertiary/aromatic N) is 2. The fourth-order valence-corrected chi connectivity index (χ4v) is 3.66. The molecule has 1 aromatic carbocycles. The van der Waals surface area contributed by atoms with Gasteiger partial charge in [-0.3, -0.25) is 4.79 Å². The highest BCUT2D eigenvalue weighted by Crippen LogP contribution is 2.27. The van der Waals surface area contributed by atoms with Crippen LogP contribution in [0.5, 0.6) is 0 Å². The molecule has 0 aliphatic carbocycles. The van der Waals surface area contributed by atoms with Gasteiger partial charge in [0.2, 0.25) is 0 Å². The molecule has 1 aromatic heterocycles. The molecule has 0 bridgehead atoms. The van der Waals surface area contributed by atoms with E-state index in [4.69, 9.17) is 11.6 Å². The van der Waals surface area contributed by atoms with Crippen LogP contribution in [0.1, 0.15) is 40.6 Å². The normalized spacial score (nSPS) is 16.9. The van der Waals surface area contributed by atoms with Crippen molar-refractivity contribution in [2.24, 2.45) is 0 Å². The van der Waals surface area contributed by atoms with Crippen LogP contribution in [0.3, 0.4) is 0 Å². The lowest BCUT2D eigenvalue weighted by Gasteiger charge is -2.23. The number of halogens is 1. The molecule has 1 atom stereocenters. The maximum atomic E-state index is 12.5. The molecule has 0 saturated heterocycles. The van der Waals surface area contributed by atoms with E-state index in [1.807, 2.05) is 25.3 Å². The van der Waals surface area contributed by atoms with Gasteiger partial charge in [-0.2, -0.15) is 0 Å². The van der Waals surface area contributed by atoms with Crippen molar-refractivity contribution >= 4 is 29.3 Å². The van der Waals surface area contributed by atoms with Crippen LogP contribution in [0, 0.1) is 6.92 Å². The number of rotatable bonds is 4. The summed E-state index contributed by atoms with van der Waals surface area (Å²) >= 11 is 7.76. The number of benzene rings is 1. The van der Waals surface area contributed by atoms with E-state index in [0.29, 0.717) is 17.1 Å². The van der Waals surface area contributed by atoms with E-state index in [1.54, 1.807) is 17.8 Å². The molecule has 6 heteroatoms. The van der Waals surface area contributed by atoms with Gasteiger partial charge < -0.3 is 9.88 Å². The van der Waals surface area contributed by atoms with Crippen LogP contribution in [-0.4, -0.2) is 28.3 Å². The molecule has 122 valence electrons. The Kier molecular flexibility index (Phi) is 4.97. The highest BCUT2D eigenvalue weighted by atomic mass is 35.5. The molecule has 1 aliphatic rings. The Labute approximate surface area is 145 Å². The van der Waals surface area contributed by atoms with Gasteiger partial charge in [-0.15, -0.1) is 11.8 Å². The Morgan fingerprint density at radius 2 is 2.35 bits per heavy atom. The van der Waals surface area contributed by atoms with Crippen LogP contribution in [0.4, 0.5) is 0 Å². The second-order valence-corrected chi connectivity index (χ2v) is 7.12. The van der Waals surface area contributed by atoms with Crippen molar-refractivity contribution in [3.63, 3.8) is 0 Å². The molecular weight excluding hydrogens is 330 g/mol. The first-order chi connectivity index (χ1) is 11.1. The molecule has 0 fully saturated rings. The van der Waals surface area contributed by atoms with Gasteiger partial charge >= 0.3 is 0 Å². The molecule has 4 nitrogen and oxygen atoms in total. The largest absolute Gasteiger partial charge is 0.351 e. The van der Waals surface area contributed by atoms with Crippen LogP contribution in [0.25, 0.3) is 0 Å². The van der Waals surface area contributed by atoms with E-state index >= 15 is 0 Å². The number of aryl methyl sites for hydroxylation is 2. The summed E-state index contributed by atoms with van der Waals surface area (Å²) in [5.41, 5.74) is 1.57. The summed E-state index contributed by atoms with van der Waals surface area (Å²) < 4.78 is 2.21. The number of thioether (sulfide) groups is 1. The Bertz CT molecular complexity index is 729. The fraction of sp³-hybridized carbons (Fsp3) is 0.412. The number of hydrogen-bond acceptors (Lipinski definition) is 3. The SMILES string of the molecule is CSc1ccc(Cl)c(C(=O)NCC2CCCn3cc(C)nc32)c1. The van der Waals surface area contributed by atoms with Crippen molar-refractivity contribution in [2.75, 3.05) is 12.8 Å². The van der Waals surface area contributed by atoms with Crippen molar-refractivity contribution in [1.29, 1.82) is 0 Å². The number of fused-ring (bicyclic) bond motifs is 1. The number of aromatic nitrogens is 2. The third kappa shape index (κ3) is 3.56. The molecular formula is C17H20ClN3OS. The number of amides is 1. The monoisotopic (exact) mass is 349 g/mol. The molecule has 1 amide bonds. The average molecular weight is 350 g/mol. The number of nitrogens with one attached hydrogen (secondary N) is 1. The minimum Gasteiger partial charge on any atom is -0.351 e. The van der Waals surface area contributed by atoms with Crippen LogP contribution in [-0.2, 0) is 6.54 Å². The lowest BCUT2D eigenvalue weighted by molar-refractivity contribution is 0.0949. The first kappa shape index (κ1) is 16.4. The van der Waals surface area contributed by atoms with Gasteiger partial charge in [-0.25, -0.2) is 4.98 Å². The summed E-state index contributed by atoms with van der Waals surface area (Å²) in [4.78, 5) is 18.1. The van der Waals surface area contributed by atoms with E-state index in [9.17, 15) is 4.79 Å². The molecule has 0 saturated carbocycles. The van der Waals surface area contributed by atoms with Gasteiger partial charge in [-0.05, 0) is 44.2 Å². The summed E-state index contributed by atoms with van der Waals surface area (Å²) in [5.74, 6) is 1.23. The quantitative estimate of drug-likeness (QED) is 0.852. The number of carbonyl (C=O) groups is 1. The summed E-state index contributed by atoms with van der Waals surface area (Å²) in [6.07, 6.45) is 6.23. The maximum Gasteiger partial charge on any atom is 0.252 e. The molecule has 3 rings (SSSR count). The Morgan fingerprint density at radius 3 is 3.13 bits per heavy atom. The first-order valence-corrected chi connectivity index (χ1v) is 9.34. The molecule has 2 aromatic rings. The lowest BCUT2D eigenvalue weighted by Crippen LogP contribution is -2.31. The van der Waals surface area contributed by atoms with E-state index in [1.165, 1.54) is 0 Å². The number of imidazole rings is 1. The predicted molar refractivity (Wildman–Crippen MR) is 94.5 cm³/mol. The zero-order chi connectivity index (χ0) is 16.4. The molecule has 1 aliphatic heterocycles. The molecule has 1 unspecified atom stereocenters. The van der Waals surface area contributed by atoms with E-state index in [0.717, 1.165) is 35.8 Å². The molecule has 1 N–H and O–H groups in total. The zero-order valence-corrected chi connectivity index (χ0v) is 14.9. The number of carbonyl (C=O) groups excluding carboxylic acids is 1. The standard InChI is InChI=1S/C17H20ClN3OS/c1-11-10-21-7-3-4-12(16(21)20-11)9-19-17(22)14-8-13(23-2)5-6-15(14)18/h5-6,8,10,12H,3-4,7,9H2,1-2H3,(H,19,22). The van der Waals surface area contributed by atoms with E-state index in [-0.39, 0.29) is 11.8 Å². The van der Waals surface area contributed by atoms with Crippen LogP contribution in [0.15, 0.2) is 29.3 Å². The summed E-state index contributed by atoms with van der Waals surface area (Å²) in [6, 6.07) is 5.54. The summed E-state index contributed by atoms with van der Waals surface area (Å²) in [6.45, 7) is 3.62. The fourth-order valence-electron chi connectivity index (χ4n) is 3.02. The van der Waals surface area contributed by atoms with Crippen LogP contribution in [0.2, 0.25) is 5.02 Å². The smallest absolute Gasteiger partial charge is 0.252 e. The van der Waals surface area contributed by atoms with Crippen LogP contribution >= 0.6 is 23.4 Å². The van der Waals surface area contributed by atoms with Crippen molar-refractivity contribution < 1.29 is 4.79 Å². The van der Waals surface area contributed by atoms with Gasteiger partial charge in [0.25, 0.3) is 5.91 Å². The highest BCUT2D eigenvalue weighted by Gasteiger charge is 2.23. The minimum absolute atomic E-state index is 0.119. The van der Waals surface area contributed by atoms with Crippen molar-refractivity contribution in [3.8, 4) is 0 Å². The molecule has 23 heavy (non-hydrogen) atoms.